The van der Waals surface area contributed by atoms with Crippen molar-refractivity contribution in [2.45, 2.75) is 51.2 Å². The molecule has 0 spiro atoms. The fraction of sp³-hybridized carbons (Fsp3) is 0.833. The van der Waals surface area contributed by atoms with Crippen LogP contribution in [0.3, 0.4) is 0 Å². The lowest BCUT2D eigenvalue weighted by Gasteiger charge is -2.46. The lowest BCUT2D eigenvalue weighted by molar-refractivity contribution is -0.167. The fourth-order valence-corrected chi connectivity index (χ4v) is 3.52. The molecule has 0 aromatic rings. The average molecular weight is 208 g/mol. The molecular weight excluding hydrogens is 192 g/mol. The molecule has 3 fully saturated rings. The number of ketones is 2. The van der Waals surface area contributed by atoms with E-state index >= 15 is 0 Å². The first kappa shape index (κ1) is 9.52. The first-order chi connectivity index (χ1) is 7.11. The van der Waals surface area contributed by atoms with Crippen LogP contribution in [-0.2, 0) is 14.3 Å². The second kappa shape index (κ2) is 2.91. The van der Waals surface area contributed by atoms with E-state index in [0.29, 0.717) is 18.6 Å². The molecule has 0 aromatic carbocycles. The Labute approximate surface area is 89.2 Å². The predicted octanol–water partition coefficient (Wildman–Crippen LogP) is 1.49. The van der Waals surface area contributed by atoms with Crippen molar-refractivity contribution >= 4 is 11.6 Å². The first-order valence-electron chi connectivity index (χ1n) is 5.83. The standard InChI is InChI=1S/C12H16O3/c1-12-5-4-7(13)6-8(12)9-2-3-10(15-9)11(12)14/h8-10H,2-6H2,1H3/t8-,9-,10+,12-/m1/s1. The highest BCUT2D eigenvalue weighted by atomic mass is 16.5. The van der Waals surface area contributed by atoms with E-state index in [0.717, 1.165) is 19.3 Å². The number of hydrogen-bond donors (Lipinski definition) is 0. The van der Waals surface area contributed by atoms with Crippen molar-refractivity contribution in [2.75, 3.05) is 0 Å². The third-order valence-corrected chi connectivity index (χ3v) is 4.55. The van der Waals surface area contributed by atoms with Crippen LogP contribution in [0.5, 0.6) is 0 Å². The van der Waals surface area contributed by atoms with E-state index in [4.69, 9.17) is 4.74 Å². The van der Waals surface area contributed by atoms with Crippen molar-refractivity contribution in [3.63, 3.8) is 0 Å². The fourth-order valence-electron chi connectivity index (χ4n) is 3.52. The van der Waals surface area contributed by atoms with Crippen LogP contribution in [0.4, 0.5) is 0 Å². The molecule has 0 radical (unpaired) electrons. The molecule has 2 aliphatic heterocycles. The minimum atomic E-state index is -0.266. The first-order valence-corrected chi connectivity index (χ1v) is 5.83. The molecule has 2 saturated heterocycles. The van der Waals surface area contributed by atoms with E-state index in [1.54, 1.807) is 0 Å². The SMILES string of the molecule is C[C@@]12CCC(=O)C[C@@H]1[C@H]1CC[C@H](O1)C2=O. The van der Waals surface area contributed by atoms with Crippen molar-refractivity contribution in [3.8, 4) is 0 Å². The summed E-state index contributed by atoms with van der Waals surface area (Å²) in [4.78, 5) is 23.7. The van der Waals surface area contributed by atoms with E-state index in [-0.39, 0.29) is 29.3 Å². The van der Waals surface area contributed by atoms with Gasteiger partial charge in [-0.2, -0.15) is 0 Å². The van der Waals surface area contributed by atoms with Gasteiger partial charge >= 0.3 is 0 Å². The van der Waals surface area contributed by atoms with Crippen LogP contribution in [0.1, 0.15) is 39.0 Å². The highest BCUT2D eigenvalue weighted by Crippen LogP contribution is 2.51. The summed E-state index contributed by atoms with van der Waals surface area (Å²) in [6.45, 7) is 2.04. The quantitative estimate of drug-likeness (QED) is 0.605. The van der Waals surface area contributed by atoms with Crippen molar-refractivity contribution in [1.29, 1.82) is 0 Å². The molecule has 2 heterocycles. The number of fused-ring (bicyclic) bond motifs is 4. The Bertz CT molecular complexity index is 336. The van der Waals surface area contributed by atoms with Crippen LogP contribution in [0.15, 0.2) is 0 Å². The number of rotatable bonds is 0. The van der Waals surface area contributed by atoms with Gasteiger partial charge in [0, 0.05) is 24.2 Å². The zero-order valence-electron chi connectivity index (χ0n) is 8.99. The summed E-state index contributed by atoms with van der Waals surface area (Å²) in [5, 5.41) is 0. The summed E-state index contributed by atoms with van der Waals surface area (Å²) >= 11 is 0. The zero-order valence-corrected chi connectivity index (χ0v) is 8.99. The molecule has 3 aliphatic rings. The largest absolute Gasteiger partial charge is 0.367 e. The third kappa shape index (κ3) is 1.16. The Morgan fingerprint density at radius 2 is 2.13 bits per heavy atom. The van der Waals surface area contributed by atoms with Crippen LogP contribution in [0.2, 0.25) is 0 Å². The number of ether oxygens (including phenoxy) is 1. The highest BCUT2D eigenvalue weighted by molar-refractivity contribution is 5.93. The molecule has 3 heteroatoms. The Balaban J connectivity index is 1.99. The van der Waals surface area contributed by atoms with Crippen molar-refractivity contribution in [2.24, 2.45) is 11.3 Å². The molecule has 0 N–H and O–H groups in total. The molecule has 0 unspecified atom stereocenters. The van der Waals surface area contributed by atoms with Gasteiger partial charge in [0.05, 0.1) is 6.10 Å². The molecule has 2 bridgehead atoms. The molecule has 0 amide bonds. The van der Waals surface area contributed by atoms with Gasteiger partial charge in [-0.15, -0.1) is 0 Å². The number of carbonyl (C=O) groups excluding carboxylic acids is 2. The summed E-state index contributed by atoms with van der Waals surface area (Å²) in [5.41, 5.74) is -0.266. The summed E-state index contributed by atoms with van der Waals surface area (Å²) < 4.78 is 5.69. The van der Waals surface area contributed by atoms with Crippen LogP contribution in [0.25, 0.3) is 0 Å². The maximum Gasteiger partial charge on any atom is 0.167 e. The summed E-state index contributed by atoms with van der Waals surface area (Å²) in [6, 6.07) is 0. The highest BCUT2D eigenvalue weighted by Gasteiger charge is 2.57. The molecule has 3 nitrogen and oxygen atoms in total. The summed E-state index contributed by atoms with van der Waals surface area (Å²) in [7, 11) is 0. The monoisotopic (exact) mass is 208 g/mol. The van der Waals surface area contributed by atoms with Crippen molar-refractivity contribution in [3.05, 3.63) is 0 Å². The molecule has 82 valence electrons. The van der Waals surface area contributed by atoms with Gasteiger partial charge in [-0.05, 0) is 19.3 Å². The predicted molar refractivity (Wildman–Crippen MR) is 53.4 cm³/mol. The smallest absolute Gasteiger partial charge is 0.167 e. The van der Waals surface area contributed by atoms with Gasteiger partial charge in [-0.1, -0.05) is 6.92 Å². The molecule has 1 aliphatic carbocycles. The van der Waals surface area contributed by atoms with Gasteiger partial charge in [0.1, 0.15) is 11.9 Å². The van der Waals surface area contributed by atoms with Gasteiger partial charge in [0.25, 0.3) is 0 Å². The van der Waals surface area contributed by atoms with Gasteiger partial charge < -0.3 is 4.74 Å². The van der Waals surface area contributed by atoms with E-state index in [9.17, 15) is 9.59 Å². The second-order valence-electron chi connectivity index (χ2n) is 5.37. The van der Waals surface area contributed by atoms with E-state index in [1.165, 1.54) is 0 Å². The topological polar surface area (TPSA) is 43.4 Å². The Morgan fingerprint density at radius 1 is 1.33 bits per heavy atom. The maximum atomic E-state index is 12.2. The number of Topliss-reactive ketones (excluding diaryl/α,β-unsaturated/α-hetero) is 2. The van der Waals surface area contributed by atoms with Crippen LogP contribution < -0.4 is 0 Å². The maximum absolute atomic E-state index is 12.2. The minimum absolute atomic E-state index is 0.157. The minimum Gasteiger partial charge on any atom is -0.367 e. The van der Waals surface area contributed by atoms with E-state index < -0.39 is 0 Å². The Hall–Kier alpha value is -0.700. The van der Waals surface area contributed by atoms with Gasteiger partial charge in [0.2, 0.25) is 0 Å². The molecule has 15 heavy (non-hydrogen) atoms. The van der Waals surface area contributed by atoms with E-state index in [1.807, 2.05) is 6.92 Å². The van der Waals surface area contributed by atoms with Crippen LogP contribution >= 0.6 is 0 Å². The normalized spacial score (nSPS) is 49.3. The molecule has 0 aromatic heterocycles. The van der Waals surface area contributed by atoms with Crippen LogP contribution in [-0.4, -0.2) is 23.8 Å². The zero-order chi connectivity index (χ0) is 10.6. The average Bonchev–Trinajstić information content (AvgIpc) is 2.65. The molecule has 4 atom stereocenters. The lowest BCUT2D eigenvalue weighted by Crippen LogP contribution is -2.53. The summed E-state index contributed by atoms with van der Waals surface area (Å²) in [5.74, 6) is 0.720. The Morgan fingerprint density at radius 3 is 2.93 bits per heavy atom. The summed E-state index contributed by atoms with van der Waals surface area (Å²) in [6.07, 6.45) is 3.71. The van der Waals surface area contributed by atoms with Crippen molar-refractivity contribution < 1.29 is 14.3 Å². The van der Waals surface area contributed by atoms with E-state index in [2.05, 4.69) is 0 Å². The Kier molecular flexibility index (Phi) is 1.85. The second-order valence-corrected chi connectivity index (χ2v) is 5.37. The molecule has 3 rings (SSSR count). The van der Waals surface area contributed by atoms with Gasteiger partial charge in [0.15, 0.2) is 5.78 Å². The van der Waals surface area contributed by atoms with Crippen molar-refractivity contribution in [1.82, 2.24) is 0 Å². The molecular formula is C12H16O3. The lowest BCUT2D eigenvalue weighted by atomic mass is 9.62. The molecule has 1 saturated carbocycles. The van der Waals surface area contributed by atoms with Gasteiger partial charge in [-0.25, -0.2) is 0 Å². The van der Waals surface area contributed by atoms with Crippen LogP contribution in [0, 0.1) is 11.3 Å². The third-order valence-electron chi connectivity index (χ3n) is 4.55. The number of hydrogen-bond acceptors (Lipinski definition) is 3. The number of carbonyl (C=O) groups is 2. The van der Waals surface area contributed by atoms with Gasteiger partial charge in [-0.3, -0.25) is 9.59 Å².